The summed E-state index contributed by atoms with van der Waals surface area (Å²) >= 11 is 0. The number of pyridine rings is 1. The minimum Gasteiger partial charge on any atom is -0.377 e. The number of H-pyrrole nitrogens is 1. The fourth-order valence-electron chi connectivity index (χ4n) is 2.11. The maximum absolute atomic E-state index is 12.8. The molecule has 0 fully saturated rings. The van der Waals surface area contributed by atoms with Gasteiger partial charge in [-0.15, -0.1) is 0 Å². The van der Waals surface area contributed by atoms with Crippen LogP contribution >= 0.6 is 0 Å². The zero-order chi connectivity index (χ0) is 13.2. The highest BCUT2D eigenvalue weighted by Gasteiger charge is 2.07. The summed E-state index contributed by atoms with van der Waals surface area (Å²) in [4.78, 5) is 7.24. The summed E-state index contributed by atoms with van der Waals surface area (Å²) in [5, 5.41) is 4.52. The average molecular weight is 255 g/mol. The first-order chi connectivity index (χ1) is 9.22. The van der Waals surface area contributed by atoms with E-state index < -0.39 is 0 Å². The van der Waals surface area contributed by atoms with Crippen molar-refractivity contribution in [2.45, 2.75) is 13.0 Å². The van der Waals surface area contributed by atoms with E-state index in [1.165, 1.54) is 12.3 Å². The van der Waals surface area contributed by atoms with Crippen molar-refractivity contribution >= 4 is 16.6 Å². The summed E-state index contributed by atoms with van der Waals surface area (Å²) in [6.45, 7) is 2.00. The van der Waals surface area contributed by atoms with E-state index in [9.17, 15) is 4.39 Å². The number of aromatic amines is 1. The van der Waals surface area contributed by atoms with Gasteiger partial charge < -0.3 is 10.3 Å². The Balaban J connectivity index is 1.81. The van der Waals surface area contributed by atoms with Gasteiger partial charge in [-0.3, -0.25) is 4.98 Å². The van der Waals surface area contributed by atoms with Crippen molar-refractivity contribution < 1.29 is 4.39 Å². The molecule has 3 nitrogen and oxygen atoms in total. The van der Waals surface area contributed by atoms with Gasteiger partial charge >= 0.3 is 0 Å². The third kappa shape index (κ3) is 2.42. The molecule has 0 bridgehead atoms. The quantitative estimate of drug-likeness (QED) is 0.745. The zero-order valence-corrected chi connectivity index (χ0v) is 10.5. The van der Waals surface area contributed by atoms with E-state index >= 15 is 0 Å². The van der Waals surface area contributed by atoms with Crippen LogP contribution in [0.5, 0.6) is 0 Å². The number of hydrogen-bond donors (Lipinski definition) is 2. The Kier molecular flexibility index (Phi) is 2.91. The second-order valence-electron chi connectivity index (χ2n) is 4.55. The predicted octanol–water partition coefficient (Wildman–Crippen LogP) is 3.88. The molecule has 0 aliphatic heterocycles. The summed E-state index contributed by atoms with van der Waals surface area (Å²) in [5.41, 5.74) is 2.94. The second-order valence-corrected chi connectivity index (χ2v) is 4.55. The first kappa shape index (κ1) is 11.7. The second kappa shape index (κ2) is 4.72. The fraction of sp³-hybridized carbons (Fsp3) is 0.133. The van der Waals surface area contributed by atoms with Crippen molar-refractivity contribution in [3.05, 3.63) is 60.3 Å². The predicted molar refractivity (Wildman–Crippen MR) is 74.5 cm³/mol. The van der Waals surface area contributed by atoms with Crippen LogP contribution in [0.3, 0.4) is 0 Å². The minimum atomic E-state index is -0.315. The molecular weight excluding hydrogens is 241 g/mol. The van der Waals surface area contributed by atoms with Gasteiger partial charge in [0.2, 0.25) is 0 Å². The summed E-state index contributed by atoms with van der Waals surface area (Å²) in [7, 11) is 0. The van der Waals surface area contributed by atoms with Crippen LogP contribution in [0, 0.1) is 5.82 Å². The van der Waals surface area contributed by atoms with Crippen LogP contribution in [0.1, 0.15) is 18.7 Å². The van der Waals surface area contributed by atoms with Crippen LogP contribution in [-0.4, -0.2) is 9.97 Å². The highest BCUT2D eigenvalue weighted by atomic mass is 19.1. The van der Waals surface area contributed by atoms with Gasteiger partial charge in [-0.2, -0.15) is 0 Å². The molecule has 2 heterocycles. The van der Waals surface area contributed by atoms with Crippen LogP contribution in [0.15, 0.2) is 48.8 Å². The molecular formula is C15H14FN3. The number of hydrogen-bond acceptors (Lipinski definition) is 2. The molecule has 0 aliphatic carbocycles. The third-order valence-corrected chi connectivity index (χ3v) is 3.13. The van der Waals surface area contributed by atoms with E-state index in [-0.39, 0.29) is 11.9 Å². The maximum atomic E-state index is 12.8. The van der Waals surface area contributed by atoms with Crippen LogP contribution in [-0.2, 0) is 0 Å². The van der Waals surface area contributed by atoms with E-state index in [1.54, 1.807) is 6.07 Å². The van der Waals surface area contributed by atoms with Gasteiger partial charge in [0.25, 0.3) is 0 Å². The molecule has 3 aromatic rings. The van der Waals surface area contributed by atoms with Gasteiger partial charge in [0, 0.05) is 22.8 Å². The van der Waals surface area contributed by atoms with E-state index in [2.05, 4.69) is 21.4 Å². The van der Waals surface area contributed by atoms with Crippen LogP contribution in [0.25, 0.3) is 10.9 Å². The number of benzene rings is 1. The Hall–Kier alpha value is -2.36. The molecule has 2 aromatic heterocycles. The molecule has 0 amide bonds. The highest BCUT2D eigenvalue weighted by Crippen LogP contribution is 2.22. The van der Waals surface area contributed by atoms with Crippen molar-refractivity contribution in [1.29, 1.82) is 0 Å². The summed E-state index contributed by atoms with van der Waals surface area (Å²) in [6.07, 6.45) is 3.16. The van der Waals surface area contributed by atoms with Gasteiger partial charge in [-0.05, 0) is 43.3 Å². The molecule has 0 spiro atoms. The smallest absolute Gasteiger partial charge is 0.141 e. The molecule has 3 rings (SSSR count). The molecule has 0 aliphatic rings. The van der Waals surface area contributed by atoms with Crippen LogP contribution < -0.4 is 5.32 Å². The fourth-order valence-corrected chi connectivity index (χ4v) is 2.11. The number of fused-ring (bicyclic) bond motifs is 1. The zero-order valence-electron chi connectivity index (χ0n) is 10.5. The Bertz CT molecular complexity index is 688. The van der Waals surface area contributed by atoms with Crippen molar-refractivity contribution in [1.82, 2.24) is 9.97 Å². The summed E-state index contributed by atoms with van der Waals surface area (Å²) in [5.74, 6) is -0.315. The Morgan fingerprint density at radius 2 is 2.11 bits per heavy atom. The molecule has 1 aromatic carbocycles. The van der Waals surface area contributed by atoms with Gasteiger partial charge in [0.15, 0.2) is 0 Å². The number of anilines is 1. The maximum Gasteiger partial charge on any atom is 0.141 e. The van der Waals surface area contributed by atoms with Gasteiger partial charge in [-0.25, -0.2) is 4.39 Å². The van der Waals surface area contributed by atoms with E-state index in [4.69, 9.17) is 0 Å². The van der Waals surface area contributed by atoms with Crippen LogP contribution in [0.2, 0.25) is 0 Å². The summed E-state index contributed by atoms with van der Waals surface area (Å²) < 4.78 is 12.8. The van der Waals surface area contributed by atoms with Crippen molar-refractivity contribution in [2.75, 3.05) is 5.32 Å². The number of rotatable bonds is 3. The van der Waals surface area contributed by atoms with Crippen LogP contribution in [0.4, 0.5) is 10.1 Å². The summed E-state index contributed by atoms with van der Waals surface area (Å²) in [6, 6.07) is 11.3. The lowest BCUT2D eigenvalue weighted by molar-refractivity contribution is 0.617. The topological polar surface area (TPSA) is 40.7 Å². The minimum absolute atomic E-state index is 0.0250. The first-order valence-corrected chi connectivity index (χ1v) is 6.17. The van der Waals surface area contributed by atoms with Gasteiger partial charge in [0.05, 0.1) is 17.9 Å². The highest BCUT2D eigenvalue weighted by molar-refractivity contribution is 5.83. The standard InChI is InChI=1S/C15H14FN3/c1-10(14-4-2-12(16)9-18-14)19-13-3-5-15-11(8-13)6-7-17-15/h2-10,17,19H,1H3. The van der Waals surface area contributed by atoms with Crippen molar-refractivity contribution in [3.63, 3.8) is 0 Å². The van der Waals surface area contributed by atoms with Crippen molar-refractivity contribution in [2.24, 2.45) is 0 Å². The third-order valence-electron chi connectivity index (χ3n) is 3.13. The molecule has 19 heavy (non-hydrogen) atoms. The van der Waals surface area contributed by atoms with E-state index in [0.717, 1.165) is 22.3 Å². The average Bonchev–Trinajstić information content (AvgIpc) is 2.87. The van der Waals surface area contributed by atoms with Gasteiger partial charge in [0.1, 0.15) is 5.82 Å². The molecule has 4 heteroatoms. The number of nitrogens with zero attached hydrogens (tertiary/aromatic N) is 1. The largest absolute Gasteiger partial charge is 0.377 e. The monoisotopic (exact) mass is 255 g/mol. The Morgan fingerprint density at radius 3 is 2.89 bits per heavy atom. The van der Waals surface area contributed by atoms with Crippen molar-refractivity contribution in [3.8, 4) is 0 Å². The lowest BCUT2D eigenvalue weighted by atomic mass is 10.2. The SMILES string of the molecule is CC(Nc1ccc2[nH]ccc2c1)c1ccc(F)cn1. The van der Waals surface area contributed by atoms with E-state index in [1.807, 2.05) is 31.3 Å². The molecule has 96 valence electrons. The Labute approximate surface area is 110 Å². The molecule has 0 saturated carbocycles. The van der Waals surface area contributed by atoms with E-state index in [0.29, 0.717) is 0 Å². The molecule has 1 atom stereocenters. The number of halogens is 1. The number of nitrogens with one attached hydrogen (secondary N) is 2. The Morgan fingerprint density at radius 1 is 1.21 bits per heavy atom. The first-order valence-electron chi connectivity index (χ1n) is 6.17. The number of aromatic nitrogens is 2. The molecule has 0 radical (unpaired) electrons. The lowest BCUT2D eigenvalue weighted by Crippen LogP contribution is -2.08. The lowest BCUT2D eigenvalue weighted by Gasteiger charge is -2.14. The molecule has 1 unspecified atom stereocenters. The van der Waals surface area contributed by atoms with Gasteiger partial charge in [-0.1, -0.05) is 0 Å². The normalized spacial score (nSPS) is 12.5. The molecule has 2 N–H and O–H groups in total. The molecule has 0 saturated heterocycles.